The standard InChI is InChI=1S/C12H13N3O/c1-7-3-4-8(2)9(5-7)10-6-11(12(13)16)15-14-10/h3-6H,1-2H3,(H2,13,16)(H,14,15). The summed E-state index contributed by atoms with van der Waals surface area (Å²) in [5, 5.41) is 6.71. The highest BCUT2D eigenvalue weighted by molar-refractivity contribution is 5.92. The predicted molar refractivity (Wildman–Crippen MR) is 62.0 cm³/mol. The van der Waals surface area contributed by atoms with Crippen LogP contribution in [-0.4, -0.2) is 16.1 Å². The number of primary amides is 1. The lowest BCUT2D eigenvalue weighted by Crippen LogP contribution is -2.10. The van der Waals surface area contributed by atoms with Gasteiger partial charge in [-0.3, -0.25) is 9.89 Å². The molecule has 0 saturated carbocycles. The molecule has 2 rings (SSSR count). The van der Waals surface area contributed by atoms with Gasteiger partial charge in [-0.05, 0) is 31.5 Å². The Morgan fingerprint density at radius 2 is 2.06 bits per heavy atom. The number of aromatic nitrogens is 2. The Kier molecular flexibility index (Phi) is 2.48. The number of rotatable bonds is 2. The van der Waals surface area contributed by atoms with Crippen molar-refractivity contribution in [3.05, 3.63) is 41.1 Å². The molecule has 1 amide bonds. The van der Waals surface area contributed by atoms with Gasteiger partial charge in [0.2, 0.25) is 0 Å². The summed E-state index contributed by atoms with van der Waals surface area (Å²) in [6.45, 7) is 4.03. The quantitative estimate of drug-likeness (QED) is 0.801. The Hall–Kier alpha value is -2.10. The van der Waals surface area contributed by atoms with Crippen molar-refractivity contribution in [1.82, 2.24) is 10.2 Å². The normalized spacial score (nSPS) is 10.4. The first-order chi connectivity index (χ1) is 7.58. The van der Waals surface area contributed by atoms with Crippen LogP contribution in [0.3, 0.4) is 0 Å². The Balaban J connectivity index is 2.50. The van der Waals surface area contributed by atoms with Crippen LogP contribution in [0.5, 0.6) is 0 Å². The van der Waals surface area contributed by atoms with Crippen molar-refractivity contribution in [2.75, 3.05) is 0 Å². The van der Waals surface area contributed by atoms with E-state index in [1.807, 2.05) is 32.0 Å². The minimum absolute atomic E-state index is 0.330. The summed E-state index contributed by atoms with van der Waals surface area (Å²) in [6, 6.07) is 7.78. The number of nitrogens with two attached hydrogens (primary N) is 1. The molecule has 0 unspecified atom stereocenters. The Morgan fingerprint density at radius 1 is 1.31 bits per heavy atom. The van der Waals surface area contributed by atoms with Gasteiger partial charge in [0.25, 0.3) is 5.91 Å². The molecule has 4 nitrogen and oxygen atoms in total. The number of amides is 1. The third-order valence-electron chi connectivity index (χ3n) is 2.51. The highest BCUT2D eigenvalue weighted by Crippen LogP contribution is 2.22. The SMILES string of the molecule is Cc1ccc(C)c(-c2cc(C(N)=O)[nH]n2)c1. The number of aromatic amines is 1. The molecule has 1 heterocycles. The van der Waals surface area contributed by atoms with Gasteiger partial charge in [-0.1, -0.05) is 17.7 Å². The molecular formula is C12H13N3O. The third kappa shape index (κ3) is 1.82. The first kappa shape index (κ1) is 10.4. The molecule has 0 radical (unpaired) electrons. The van der Waals surface area contributed by atoms with Crippen molar-refractivity contribution >= 4 is 5.91 Å². The summed E-state index contributed by atoms with van der Waals surface area (Å²) in [5.41, 5.74) is 9.53. The molecule has 4 heteroatoms. The first-order valence-electron chi connectivity index (χ1n) is 5.01. The third-order valence-corrected chi connectivity index (χ3v) is 2.51. The van der Waals surface area contributed by atoms with Crippen LogP contribution in [0.25, 0.3) is 11.3 Å². The van der Waals surface area contributed by atoms with Crippen LogP contribution < -0.4 is 5.73 Å². The van der Waals surface area contributed by atoms with E-state index in [2.05, 4.69) is 10.2 Å². The largest absolute Gasteiger partial charge is 0.364 e. The van der Waals surface area contributed by atoms with Crippen molar-refractivity contribution in [3.8, 4) is 11.3 Å². The molecule has 0 aliphatic carbocycles. The molecular weight excluding hydrogens is 202 g/mol. The topological polar surface area (TPSA) is 71.8 Å². The van der Waals surface area contributed by atoms with E-state index >= 15 is 0 Å². The van der Waals surface area contributed by atoms with Gasteiger partial charge in [0.05, 0.1) is 5.69 Å². The van der Waals surface area contributed by atoms with Crippen LogP contribution in [0.15, 0.2) is 24.3 Å². The molecule has 1 aromatic carbocycles. The van der Waals surface area contributed by atoms with E-state index in [4.69, 9.17) is 5.73 Å². The number of nitrogens with one attached hydrogen (secondary N) is 1. The van der Waals surface area contributed by atoms with Crippen LogP contribution in [0.1, 0.15) is 21.6 Å². The summed E-state index contributed by atoms with van der Waals surface area (Å²) in [4.78, 5) is 10.9. The first-order valence-corrected chi connectivity index (χ1v) is 5.01. The van der Waals surface area contributed by atoms with Gasteiger partial charge in [0, 0.05) is 5.56 Å². The van der Waals surface area contributed by atoms with Crippen molar-refractivity contribution in [2.24, 2.45) is 5.73 Å². The second kappa shape index (κ2) is 3.81. The highest BCUT2D eigenvalue weighted by atomic mass is 16.1. The number of carbonyl (C=O) groups excluding carboxylic acids is 1. The number of H-pyrrole nitrogens is 1. The predicted octanol–water partition coefficient (Wildman–Crippen LogP) is 1.79. The van der Waals surface area contributed by atoms with Crippen molar-refractivity contribution in [3.63, 3.8) is 0 Å². The molecule has 0 saturated heterocycles. The lowest BCUT2D eigenvalue weighted by molar-refractivity contribution is 0.0995. The number of hydrogen-bond donors (Lipinski definition) is 2. The lowest BCUT2D eigenvalue weighted by atomic mass is 10.0. The minimum Gasteiger partial charge on any atom is -0.364 e. The fourth-order valence-corrected chi connectivity index (χ4v) is 1.60. The van der Waals surface area contributed by atoms with Crippen LogP contribution >= 0.6 is 0 Å². The van der Waals surface area contributed by atoms with Gasteiger partial charge in [0.1, 0.15) is 5.69 Å². The summed E-state index contributed by atoms with van der Waals surface area (Å²) in [5.74, 6) is -0.496. The van der Waals surface area contributed by atoms with Crippen LogP contribution in [0.4, 0.5) is 0 Å². The fraction of sp³-hybridized carbons (Fsp3) is 0.167. The Labute approximate surface area is 93.5 Å². The summed E-state index contributed by atoms with van der Waals surface area (Å²) in [6.07, 6.45) is 0. The zero-order valence-corrected chi connectivity index (χ0v) is 9.24. The molecule has 2 aromatic rings. The smallest absolute Gasteiger partial charge is 0.266 e. The van der Waals surface area contributed by atoms with E-state index in [1.165, 1.54) is 0 Å². The van der Waals surface area contributed by atoms with Gasteiger partial charge in [-0.25, -0.2) is 0 Å². The maximum absolute atomic E-state index is 10.9. The van der Waals surface area contributed by atoms with Crippen molar-refractivity contribution in [2.45, 2.75) is 13.8 Å². The molecule has 0 atom stereocenters. The van der Waals surface area contributed by atoms with E-state index in [0.29, 0.717) is 5.69 Å². The van der Waals surface area contributed by atoms with Crippen molar-refractivity contribution < 1.29 is 4.79 Å². The van der Waals surface area contributed by atoms with E-state index < -0.39 is 5.91 Å². The lowest BCUT2D eigenvalue weighted by Gasteiger charge is -2.02. The van der Waals surface area contributed by atoms with Gasteiger partial charge in [-0.2, -0.15) is 5.10 Å². The molecule has 0 bridgehead atoms. The van der Waals surface area contributed by atoms with Gasteiger partial charge >= 0.3 is 0 Å². The summed E-state index contributed by atoms with van der Waals surface area (Å²) in [7, 11) is 0. The second-order valence-electron chi connectivity index (χ2n) is 3.85. The number of hydrogen-bond acceptors (Lipinski definition) is 2. The average molecular weight is 215 g/mol. The number of nitrogens with zero attached hydrogens (tertiary/aromatic N) is 1. The summed E-state index contributed by atoms with van der Waals surface area (Å²) >= 11 is 0. The van der Waals surface area contributed by atoms with E-state index in [1.54, 1.807) is 6.07 Å². The number of benzene rings is 1. The fourth-order valence-electron chi connectivity index (χ4n) is 1.60. The number of aryl methyl sites for hydroxylation is 2. The minimum atomic E-state index is -0.496. The Morgan fingerprint density at radius 3 is 2.69 bits per heavy atom. The average Bonchev–Trinajstić information content (AvgIpc) is 2.70. The molecule has 1 aromatic heterocycles. The monoisotopic (exact) mass is 215 g/mol. The van der Waals surface area contributed by atoms with Crippen molar-refractivity contribution in [1.29, 1.82) is 0 Å². The molecule has 0 spiro atoms. The number of carbonyl (C=O) groups is 1. The molecule has 0 fully saturated rings. The van der Waals surface area contributed by atoms with Crippen LogP contribution in [0.2, 0.25) is 0 Å². The highest BCUT2D eigenvalue weighted by Gasteiger charge is 2.09. The Bertz CT molecular complexity index is 543. The van der Waals surface area contributed by atoms with Crippen LogP contribution in [-0.2, 0) is 0 Å². The molecule has 16 heavy (non-hydrogen) atoms. The van der Waals surface area contributed by atoms with Gasteiger partial charge in [-0.15, -0.1) is 0 Å². The molecule has 0 aliphatic heterocycles. The zero-order chi connectivity index (χ0) is 11.7. The van der Waals surface area contributed by atoms with E-state index in [-0.39, 0.29) is 0 Å². The van der Waals surface area contributed by atoms with Gasteiger partial charge < -0.3 is 5.73 Å². The van der Waals surface area contributed by atoms with Crippen LogP contribution in [0, 0.1) is 13.8 Å². The second-order valence-corrected chi connectivity index (χ2v) is 3.85. The molecule has 82 valence electrons. The zero-order valence-electron chi connectivity index (χ0n) is 9.24. The van der Waals surface area contributed by atoms with E-state index in [0.717, 1.165) is 22.4 Å². The molecule has 0 aliphatic rings. The van der Waals surface area contributed by atoms with E-state index in [9.17, 15) is 4.79 Å². The maximum Gasteiger partial charge on any atom is 0.266 e. The maximum atomic E-state index is 10.9. The molecule has 3 N–H and O–H groups in total. The van der Waals surface area contributed by atoms with Gasteiger partial charge in [0.15, 0.2) is 0 Å². The summed E-state index contributed by atoms with van der Waals surface area (Å²) < 4.78 is 0.